The lowest BCUT2D eigenvalue weighted by Gasteiger charge is -2.03. The minimum absolute atomic E-state index is 0.215. The van der Waals surface area contributed by atoms with Gasteiger partial charge in [0.25, 0.3) is 0 Å². The van der Waals surface area contributed by atoms with E-state index in [9.17, 15) is 0 Å². The Morgan fingerprint density at radius 3 is 2.67 bits per heavy atom. The monoisotopic (exact) mass is 259 g/mol. The van der Waals surface area contributed by atoms with E-state index in [-0.39, 0.29) is 5.88 Å². The lowest BCUT2D eigenvalue weighted by molar-refractivity contribution is 0.530. The third-order valence-corrected chi connectivity index (χ3v) is 2.81. The van der Waals surface area contributed by atoms with Gasteiger partial charge in [0, 0.05) is 5.69 Å². The van der Waals surface area contributed by atoms with Crippen LogP contribution in [0.25, 0.3) is 10.8 Å². The first-order valence-corrected chi connectivity index (χ1v) is 6.03. The summed E-state index contributed by atoms with van der Waals surface area (Å²) in [4.78, 5) is 0. The Morgan fingerprint density at radius 2 is 1.89 bits per heavy atom. The molecule has 0 aliphatic heterocycles. The summed E-state index contributed by atoms with van der Waals surface area (Å²) in [6.07, 6.45) is 0. The maximum atomic E-state index is 5.60. The number of hydrogen-bond donors (Lipinski definition) is 1. The molecule has 3 aromatic rings. The molecule has 0 aliphatic carbocycles. The maximum Gasteiger partial charge on any atom is 0.320 e. The van der Waals surface area contributed by atoms with Crippen molar-refractivity contribution in [2.45, 2.75) is 5.88 Å². The van der Waals surface area contributed by atoms with Gasteiger partial charge in [-0.15, -0.1) is 16.7 Å². The third-order valence-electron chi connectivity index (χ3n) is 2.58. The molecule has 1 aromatic heterocycles. The van der Waals surface area contributed by atoms with Crippen LogP contribution in [0, 0.1) is 0 Å². The van der Waals surface area contributed by atoms with Crippen molar-refractivity contribution in [2.75, 3.05) is 5.32 Å². The van der Waals surface area contributed by atoms with E-state index < -0.39 is 0 Å². The van der Waals surface area contributed by atoms with E-state index in [1.165, 1.54) is 5.39 Å². The van der Waals surface area contributed by atoms with E-state index in [1.807, 2.05) is 30.3 Å². The molecular weight excluding hydrogens is 250 g/mol. The average molecular weight is 260 g/mol. The van der Waals surface area contributed by atoms with Gasteiger partial charge in [-0.2, -0.15) is 0 Å². The zero-order valence-corrected chi connectivity index (χ0v) is 10.2. The van der Waals surface area contributed by atoms with Gasteiger partial charge in [-0.25, -0.2) is 0 Å². The molecule has 90 valence electrons. The first kappa shape index (κ1) is 11.0. The van der Waals surface area contributed by atoms with Gasteiger partial charge >= 0.3 is 6.01 Å². The van der Waals surface area contributed by atoms with Crippen molar-refractivity contribution in [1.82, 2.24) is 10.2 Å². The molecule has 1 N–H and O–H groups in total. The van der Waals surface area contributed by atoms with Crippen LogP contribution in [0.1, 0.15) is 5.89 Å². The van der Waals surface area contributed by atoms with Crippen LogP contribution in [0.3, 0.4) is 0 Å². The molecule has 0 saturated heterocycles. The summed E-state index contributed by atoms with van der Waals surface area (Å²) in [5, 5.41) is 13.0. The minimum atomic E-state index is 0.215. The summed E-state index contributed by atoms with van der Waals surface area (Å²) in [5.41, 5.74) is 0.901. The normalized spacial score (nSPS) is 10.7. The molecule has 0 atom stereocenters. The first-order chi connectivity index (χ1) is 8.85. The highest BCUT2D eigenvalue weighted by atomic mass is 35.5. The summed E-state index contributed by atoms with van der Waals surface area (Å²) < 4.78 is 5.28. The Bertz CT molecular complexity index is 681. The lowest BCUT2D eigenvalue weighted by atomic mass is 10.1. The second-order valence-electron chi connectivity index (χ2n) is 3.82. The second-order valence-corrected chi connectivity index (χ2v) is 4.09. The van der Waals surface area contributed by atoms with E-state index in [2.05, 4.69) is 27.6 Å². The SMILES string of the molecule is ClCc1nnc(Nc2ccc3ccccc3c2)o1. The fourth-order valence-corrected chi connectivity index (χ4v) is 1.86. The molecule has 0 bridgehead atoms. The quantitative estimate of drug-likeness (QED) is 0.729. The predicted octanol–water partition coefficient (Wildman–Crippen LogP) is 3.71. The predicted molar refractivity (Wildman–Crippen MR) is 71.1 cm³/mol. The number of aromatic nitrogens is 2. The molecule has 1 heterocycles. The van der Waals surface area contributed by atoms with Crippen molar-refractivity contribution in [3.8, 4) is 0 Å². The van der Waals surface area contributed by atoms with Gasteiger partial charge in [0.05, 0.1) is 0 Å². The van der Waals surface area contributed by atoms with Crippen molar-refractivity contribution in [2.24, 2.45) is 0 Å². The molecular formula is C13H10ClN3O. The summed E-state index contributed by atoms with van der Waals surface area (Å²) in [6, 6.07) is 14.5. The third kappa shape index (κ3) is 2.15. The fourth-order valence-electron chi connectivity index (χ4n) is 1.75. The fraction of sp³-hybridized carbons (Fsp3) is 0.0769. The maximum absolute atomic E-state index is 5.60. The average Bonchev–Trinajstić information content (AvgIpc) is 2.86. The van der Waals surface area contributed by atoms with Crippen molar-refractivity contribution in [3.63, 3.8) is 0 Å². The Balaban J connectivity index is 1.90. The molecule has 0 saturated carbocycles. The van der Waals surface area contributed by atoms with Gasteiger partial charge in [0.1, 0.15) is 5.88 Å². The smallest absolute Gasteiger partial charge is 0.320 e. The van der Waals surface area contributed by atoms with Crippen molar-refractivity contribution in [3.05, 3.63) is 48.4 Å². The van der Waals surface area contributed by atoms with Crippen LogP contribution in [-0.4, -0.2) is 10.2 Å². The van der Waals surface area contributed by atoms with Gasteiger partial charge in [0.15, 0.2) is 0 Å². The van der Waals surface area contributed by atoms with Gasteiger partial charge < -0.3 is 9.73 Å². The van der Waals surface area contributed by atoms with Crippen molar-refractivity contribution < 1.29 is 4.42 Å². The lowest BCUT2D eigenvalue weighted by Crippen LogP contribution is -1.90. The largest absolute Gasteiger partial charge is 0.407 e. The minimum Gasteiger partial charge on any atom is -0.407 e. The number of rotatable bonds is 3. The van der Waals surface area contributed by atoms with Gasteiger partial charge in [-0.1, -0.05) is 35.4 Å². The molecule has 4 nitrogen and oxygen atoms in total. The van der Waals surface area contributed by atoms with E-state index in [0.717, 1.165) is 11.1 Å². The van der Waals surface area contributed by atoms with E-state index in [4.69, 9.17) is 16.0 Å². The molecule has 0 amide bonds. The number of nitrogens with zero attached hydrogens (tertiary/aromatic N) is 2. The Labute approximate surface area is 109 Å². The number of benzene rings is 2. The van der Waals surface area contributed by atoms with Crippen molar-refractivity contribution >= 4 is 34.1 Å². The van der Waals surface area contributed by atoms with Crippen molar-refractivity contribution in [1.29, 1.82) is 0 Å². The zero-order valence-electron chi connectivity index (χ0n) is 9.43. The number of hydrogen-bond acceptors (Lipinski definition) is 4. The highest BCUT2D eigenvalue weighted by Crippen LogP contribution is 2.21. The number of fused-ring (bicyclic) bond motifs is 1. The molecule has 18 heavy (non-hydrogen) atoms. The van der Waals surface area contributed by atoms with E-state index in [1.54, 1.807) is 0 Å². The first-order valence-electron chi connectivity index (χ1n) is 5.49. The molecule has 0 fully saturated rings. The van der Waals surface area contributed by atoms with Crippen LogP contribution in [0.5, 0.6) is 0 Å². The standard InChI is InChI=1S/C13H10ClN3O/c14-8-12-16-17-13(18-12)15-11-6-5-9-3-1-2-4-10(9)7-11/h1-7H,8H2,(H,15,17). The van der Waals surface area contributed by atoms with Gasteiger partial charge in [0.2, 0.25) is 5.89 Å². The Kier molecular flexibility index (Phi) is 2.86. The number of anilines is 2. The van der Waals surface area contributed by atoms with E-state index in [0.29, 0.717) is 11.9 Å². The topological polar surface area (TPSA) is 51.0 Å². The van der Waals surface area contributed by atoms with E-state index >= 15 is 0 Å². The van der Waals surface area contributed by atoms with Crippen LogP contribution in [-0.2, 0) is 5.88 Å². The molecule has 3 rings (SSSR count). The molecule has 0 spiro atoms. The van der Waals surface area contributed by atoms with Crippen LogP contribution in [0.2, 0.25) is 0 Å². The number of nitrogens with one attached hydrogen (secondary N) is 1. The number of halogens is 1. The molecule has 0 radical (unpaired) electrons. The van der Waals surface area contributed by atoms with Gasteiger partial charge in [-0.05, 0) is 22.9 Å². The molecule has 0 aliphatic rings. The van der Waals surface area contributed by atoms with Crippen LogP contribution >= 0.6 is 11.6 Å². The molecule has 0 unspecified atom stereocenters. The summed E-state index contributed by atoms with van der Waals surface area (Å²) in [7, 11) is 0. The Morgan fingerprint density at radius 1 is 1.06 bits per heavy atom. The van der Waals surface area contributed by atoms with Crippen LogP contribution in [0.4, 0.5) is 11.7 Å². The highest BCUT2D eigenvalue weighted by Gasteiger charge is 2.05. The summed E-state index contributed by atoms with van der Waals surface area (Å²) in [5.74, 6) is 0.617. The highest BCUT2D eigenvalue weighted by molar-refractivity contribution is 6.16. The zero-order chi connectivity index (χ0) is 12.4. The van der Waals surface area contributed by atoms with Crippen LogP contribution < -0.4 is 5.32 Å². The molecule has 2 aromatic carbocycles. The Hall–Kier alpha value is -2.07. The molecule has 5 heteroatoms. The second kappa shape index (κ2) is 4.66. The number of alkyl halides is 1. The summed E-state index contributed by atoms with van der Waals surface area (Å²) in [6.45, 7) is 0. The van der Waals surface area contributed by atoms with Gasteiger partial charge in [-0.3, -0.25) is 0 Å². The van der Waals surface area contributed by atoms with Crippen LogP contribution in [0.15, 0.2) is 46.9 Å². The summed E-state index contributed by atoms with van der Waals surface area (Å²) >= 11 is 5.60.